The van der Waals surface area contributed by atoms with E-state index in [2.05, 4.69) is 21.2 Å². The third-order valence-corrected chi connectivity index (χ3v) is 1.75. The molecule has 0 saturated heterocycles. The van der Waals surface area contributed by atoms with Crippen molar-refractivity contribution in [1.82, 2.24) is 5.32 Å². The molecule has 3 nitrogen and oxygen atoms in total. The van der Waals surface area contributed by atoms with E-state index in [-0.39, 0.29) is 0 Å². The smallest absolute Gasteiger partial charge is 0.169 e. The fourth-order valence-corrected chi connectivity index (χ4v) is 1.12. The lowest BCUT2D eigenvalue weighted by Crippen LogP contribution is -2.15. The van der Waals surface area contributed by atoms with Crippen LogP contribution in [0.4, 0.5) is 0 Å². The van der Waals surface area contributed by atoms with Crippen LogP contribution >= 0.6 is 15.9 Å². The molecule has 0 fully saturated rings. The Balaban J connectivity index is 2.60. The number of halogens is 1. The van der Waals surface area contributed by atoms with E-state index in [4.69, 9.17) is 4.42 Å². The molecule has 1 aromatic heterocycles. The van der Waals surface area contributed by atoms with Crippen LogP contribution in [0.1, 0.15) is 11.9 Å². The topological polar surface area (TPSA) is 45.4 Å². The molecule has 0 aliphatic rings. The Kier molecular flexibility index (Phi) is 3.11. The van der Waals surface area contributed by atoms with E-state index in [0.29, 0.717) is 17.0 Å². The van der Waals surface area contributed by atoms with Gasteiger partial charge in [-0.2, -0.15) is 0 Å². The molecule has 1 rings (SSSR count). The zero-order valence-corrected chi connectivity index (χ0v) is 7.76. The molecular weight excluding hydrogens is 210 g/mol. The predicted molar refractivity (Wildman–Crippen MR) is 45.3 cm³/mol. The normalized spacial score (nSPS) is 13.4. The second kappa shape index (κ2) is 3.90. The van der Waals surface area contributed by atoms with Gasteiger partial charge in [0.15, 0.2) is 4.67 Å². The van der Waals surface area contributed by atoms with Gasteiger partial charge >= 0.3 is 0 Å². The lowest BCUT2D eigenvalue weighted by atomic mass is 10.3. The van der Waals surface area contributed by atoms with Crippen LogP contribution in [0.25, 0.3) is 0 Å². The van der Waals surface area contributed by atoms with Crippen LogP contribution in [-0.2, 0) is 0 Å². The summed E-state index contributed by atoms with van der Waals surface area (Å²) in [7, 11) is 1.78. The quantitative estimate of drug-likeness (QED) is 0.806. The maximum absolute atomic E-state index is 9.36. The SMILES string of the molecule is CNCC(O)c1ccc(Br)o1. The summed E-state index contributed by atoms with van der Waals surface area (Å²) in [6.07, 6.45) is -0.564. The van der Waals surface area contributed by atoms with Crippen LogP contribution in [0.5, 0.6) is 0 Å². The first-order valence-corrected chi connectivity index (χ1v) is 4.11. The van der Waals surface area contributed by atoms with E-state index < -0.39 is 6.10 Å². The van der Waals surface area contributed by atoms with Crippen molar-refractivity contribution in [2.24, 2.45) is 0 Å². The Bertz CT molecular complexity index is 224. The summed E-state index contributed by atoms with van der Waals surface area (Å²) in [5.41, 5.74) is 0. The van der Waals surface area contributed by atoms with Crippen LogP contribution < -0.4 is 5.32 Å². The van der Waals surface area contributed by atoms with Crippen LogP contribution in [0.15, 0.2) is 21.2 Å². The third-order valence-electron chi connectivity index (χ3n) is 1.32. The van der Waals surface area contributed by atoms with Gasteiger partial charge in [0.05, 0.1) is 0 Å². The minimum Gasteiger partial charge on any atom is -0.452 e. The van der Waals surface area contributed by atoms with E-state index in [9.17, 15) is 5.11 Å². The summed E-state index contributed by atoms with van der Waals surface area (Å²) in [5.74, 6) is 0.575. The van der Waals surface area contributed by atoms with Gasteiger partial charge in [0, 0.05) is 6.54 Å². The molecule has 4 heteroatoms. The summed E-state index contributed by atoms with van der Waals surface area (Å²) in [5, 5.41) is 12.2. The number of nitrogens with one attached hydrogen (secondary N) is 1. The Morgan fingerprint density at radius 1 is 1.73 bits per heavy atom. The molecule has 62 valence electrons. The van der Waals surface area contributed by atoms with E-state index in [1.807, 2.05) is 0 Å². The van der Waals surface area contributed by atoms with Gasteiger partial charge in [0.2, 0.25) is 0 Å². The zero-order valence-electron chi connectivity index (χ0n) is 6.17. The molecule has 0 bridgehead atoms. The molecular formula is C7H10BrNO2. The lowest BCUT2D eigenvalue weighted by molar-refractivity contribution is 0.148. The molecule has 0 amide bonds. The molecule has 1 aromatic rings. The fourth-order valence-electron chi connectivity index (χ4n) is 0.801. The predicted octanol–water partition coefficient (Wildman–Crippen LogP) is 1.29. The Morgan fingerprint density at radius 2 is 2.45 bits per heavy atom. The average Bonchev–Trinajstić information content (AvgIpc) is 2.36. The highest BCUT2D eigenvalue weighted by Crippen LogP contribution is 2.19. The zero-order chi connectivity index (χ0) is 8.27. The first-order chi connectivity index (χ1) is 5.24. The molecule has 0 saturated carbocycles. The highest BCUT2D eigenvalue weighted by molar-refractivity contribution is 9.10. The summed E-state index contributed by atoms with van der Waals surface area (Å²) >= 11 is 3.15. The summed E-state index contributed by atoms with van der Waals surface area (Å²) in [6, 6.07) is 3.50. The van der Waals surface area contributed by atoms with Gasteiger partial charge in [-0.25, -0.2) is 0 Å². The average molecular weight is 220 g/mol. The van der Waals surface area contributed by atoms with Crippen molar-refractivity contribution in [3.63, 3.8) is 0 Å². The van der Waals surface area contributed by atoms with Crippen molar-refractivity contribution < 1.29 is 9.52 Å². The maximum atomic E-state index is 9.36. The van der Waals surface area contributed by atoms with Gasteiger partial charge in [-0.3, -0.25) is 0 Å². The standard InChI is InChI=1S/C7H10BrNO2/c1-9-4-5(10)6-2-3-7(8)11-6/h2-3,5,9-10H,4H2,1H3. The van der Waals surface area contributed by atoms with Crippen molar-refractivity contribution in [2.75, 3.05) is 13.6 Å². The fraction of sp³-hybridized carbons (Fsp3) is 0.429. The molecule has 11 heavy (non-hydrogen) atoms. The second-order valence-corrected chi connectivity index (χ2v) is 3.00. The van der Waals surface area contributed by atoms with Crippen molar-refractivity contribution >= 4 is 15.9 Å². The summed E-state index contributed by atoms with van der Waals surface area (Å²) in [4.78, 5) is 0. The summed E-state index contributed by atoms with van der Waals surface area (Å²) in [6.45, 7) is 0.500. The highest BCUT2D eigenvalue weighted by Gasteiger charge is 2.09. The van der Waals surface area contributed by atoms with E-state index >= 15 is 0 Å². The Morgan fingerprint density at radius 3 is 2.91 bits per heavy atom. The largest absolute Gasteiger partial charge is 0.452 e. The Labute approximate surface area is 73.5 Å². The number of hydrogen-bond acceptors (Lipinski definition) is 3. The van der Waals surface area contributed by atoms with Crippen molar-refractivity contribution in [3.8, 4) is 0 Å². The maximum Gasteiger partial charge on any atom is 0.169 e. The number of aliphatic hydroxyl groups is 1. The van der Waals surface area contributed by atoms with Crippen molar-refractivity contribution in [3.05, 3.63) is 22.6 Å². The number of hydrogen-bond donors (Lipinski definition) is 2. The minimum atomic E-state index is -0.564. The second-order valence-electron chi connectivity index (χ2n) is 2.22. The van der Waals surface area contributed by atoms with Crippen LogP contribution in [0.2, 0.25) is 0 Å². The van der Waals surface area contributed by atoms with Gasteiger partial charge in [-0.05, 0) is 35.1 Å². The van der Waals surface area contributed by atoms with Gasteiger partial charge < -0.3 is 14.8 Å². The molecule has 0 aromatic carbocycles. The van der Waals surface area contributed by atoms with Gasteiger partial charge in [-0.15, -0.1) is 0 Å². The molecule has 0 radical (unpaired) electrons. The molecule has 1 heterocycles. The third kappa shape index (κ3) is 2.32. The van der Waals surface area contributed by atoms with Gasteiger partial charge in [0.25, 0.3) is 0 Å². The number of rotatable bonds is 3. The van der Waals surface area contributed by atoms with E-state index in [0.717, 1.165) is 0 Å². The lowest BCUT2D eigenvalue weighted by Gasteiger charge is -2.04. The highest BCUT2D eigenvalue weighted by atomic mass is 79.9. The van der Waals surface area contributed by atoms with Crippen molar-refractivity contribution in [1.29, 1.82) is 0 Å². The molecule has 1 unspecified atom stereocenters. The van der Waals surface area contributed by atoms with E-state index in [1.165, 1.54) is 0 Å². The number of furan rings is 1. The number of likely N-dealkylation sites (N-methyl/N-ethyl adjacent to an activating group) is 1. The van der Waals surface area contributed by atoms with Crippen molar-refractivity contribution in [2.45, 2.75) is 6.10 Å². The molecule has 0 aliphatic heterocycles. The monoisotopic (exact) mass is 219 g/mol. The summed E-state index contributed by atoms with van der Waals surface area (Å²) < 4.78 is 5.77. The molecule has 0 spiro atoms. The van der Waals surface area contributed by atoms with Crippen LogP contribution in [-0.4, -0.2) is 18.7 Å². The Hall–Kier alpha value is -0.320. The van der Waals surface area contributed by atoms with E-state index in [1.54, 1.807) is 19.2 Å². The molecule has 1 atom stereocenters. The molecule has 0 aliphatic carbocycles. The molecule has 2 N–H and O–H groups in total. The first kappa shape index (κ1) is 8.77. The van der Waals surface area contributed by atoms with Crippen LogP contribution in [0.3, 0.4) is 0 Å². The first-order valence-electron chi connectivity index (χ1n) is 3.32. The number of aliphatic hydroxyl groups excluding tert-OH is 1. The van der Waals surface area contributed by atoms with Crippen LogP contribution in [0, 0.1) is 0 Å². The van der Waals surface area contributed by atoms with Gasteiger partial charge in [-0.1, -0.05) is 0 Å². The minimum absolute atomic E-state index is 0.500. The van der Waals surface area contributed by atoms with Gasteiger partial charge in [0.1, 0.15) is 11.9 Å².